The molecule has 1 heterocycles. The molecule has 0 saturated carbocycles. The molecule has 2 N–H and O–H groups in total. The van der Waals surface area contributed by atoms with Crippen LogP contribution in [0.15, 0.2) is 58.5 Å². The Morgan fingerprint density at radius 3 is 2.17 bits per heavy atom. The molecule has 3 rings (SSSR count). The van der Waals surface area contributed by atoms with Crippen molar-refractivity contribution in [2.24, 2.45) is 0 Å². The predicted octanol–water partition coefficient (Wildman–Crippen LogP) is 2.30. The van der Waals surface area contributed by atoms with Crippen molar-refractivity contribution in [3.8, 4) is 5.69 Å². The highest BCUT2D eigenvalue weighted by atomic mass is 32.2. The molecule has 1 aromatic heterocycles. The van der Waals surface area contributed by atoms with Crippen LogP contribution < -0.4 is 5.73 Å². The van der Waals surface area contributed by atoms with Crippen LogP contribution in [0.25, 0.3) is 5.69 Å². The summed E-state index contributed by atoms with van der Waals surface area (Å²) < 4.78 is 26.9. The molecule has 3 aromatic rings. The molecular formula is C16H16N4O2S. The van der Waals surface area contributed by atoms with Crippen molar-refractivity contribution in [1.29, 1.82) is 0 Å². The minimum Gasteiger partial charge on any atom is -0.399 e. The number of aromatic nitrogens is 3. The van der Waals surface area contributed by atoms with Gasteiger partial charge >= 0.3 is 0 Å². The van der Waals surface area contributed by atoms with E-state index in [1.54, 1.807) is 55.5 Å². The SMILES string of the molecule is Cc1ccc(S(=O)(=O)c2nnn(-c3ccc(N)cc3)c2C)cc1. The zero-order valence-corrected chi connectivity index (χ0v) is 13.6. The topological polar surface area (TPSA) is 90.9 Å². The van der Waals surface area contributed by atoms with E-state index in [1.807, 2.05) is 6.92 Å². The monoisotopic (exact) mass is 328 g/mol. The lowest BCUT2D eigenvalue weighted by Gasteiger charge is -2.05. The van der Waals surface area contributed by atoms with Gasteiger partial charge < -0.3 is 5.73 Å². The lowest BCUT2D eigenvalue weighted by Crippen LogP contribution is -2.05. The number of nitrogens with two attached hydrogens (primary N) is 1. The van der Waals surface area contributed by atoms with Crippen molar-refractivity contribution >= 4 is 15.5 Å². The average molecular weight is 328 g/mol. The van der Waals surface area contributed by atoms with Gasteiger partial charge in [-0.15, -0.1) is 5.10 Å². The van der Waals surface area contributed by atoms with Crippen molar-refractivity contribution in [2.45, 2.75) is 23.8 Å². The Labute approximate surface area is 134 Å². The molecule has 0 aliphatic carbocycles. The molecular weight excluding hydrogens is 312 g/mol. The summed E-state index contributed by atoms with van der Waals surface area (Å²) in [6, 6.07) is 13.6. The lowest BCUT2D eigenvalue weighted by atomic mass is 10.2. The molecule has 0 radical (unpaired) electrons. The van der Waals surface area contributed by atoms with Crippen molar-refractivity contribution in [2.75, 3.05) is 5.73 Å². The van der Waals surface area contributed by atoms with Gasteiger partial charge in [-0.1, -0.05) is 22.9 Å². The number of nitrogens with zero attached hydrogens (tertiary/aromatic N) is 3. The fraction of sp³-hybridized carbons (Fsp3) is 0.125. The van der Waals surface area contributed by atoms with Gasteiger partial charge in [-0.2, -0.15) is 0 Å². The summed E-state index contributed by atoms with van der Waals surface area (Å²) in [5, 5.41) is 7.81. The lowest BCUT2D eigenvalue weighted by molar-refractivity contribution is 0.591. The smallest absolute Gasteiger partial charge is 0.227 e. The highest BCUT2D eigenvalue weighted by molar-refractivity contribution is 7.91. The average Bonchev–Trinajstić information content (AvgIpc) is 2.91. The Bertz CT molecular complexity index is 943. The first-order valence-corrected chi connectivity index (χ1v) is 8.48. The first-order chi connectivity index (χ1) is 10.9. The molecule has 0 fully saturated rings. The summed E-state index contributed by atoms with van der Waals surface area (Å²) in [6.07, 6.45) is 0. The van der Waals surface area contributed by atoms with E-state index < -0.39 is 9.84 Å². The predicted molar refractivity (Wildman–Crippen MR) is 87.1 cm³/mol. The van der Waals surface area contributed by atoms with E-state index in [0.717, 1.165) is 5.56 Å². The molecule has 7 heteroatoms. The van der Waals surface area contributed by atoms with Crippen molar-refractivity contribution in [1.82, 2.24) is 15.0 Å². The number of benzene rings is 2. The minimum atomic E-state index is -3.70. The number of sulfone groups is 1. The first-order valence-electron chi connectivity index (χ1n) is 6.99. The maximum absolute atomic E-state index is 12.7. The van der Waals surface area contributed by atoms with E-state index in [0.29, 0.717) is 17.1 Å². The van der Waals surface area contributed by atoms with E-state index in [-0.39, 0.29) is 9.92 Å². The maximum atomic E-state index is 12.7. The molecule has 0 aliphatic rings. The third kappa shape index (κ3) is 2.70. The van der Waals surface area contributed by atoms with Gasteiger partial charge in [0.05, 0.1) is 16.3 Å². The van der Waals surface area contributed by atoms with Crippen LogP contribution in [0.5, 0.6) is 0 Å². The van der Waals surface area contributed by atoms with Gasteiger partial charge in [0.2, 0.25) is 14.9 Å². The van der Waals surface area contributed by atoms with Crippen LogP contribution in [-0.2, 0) is 9.84 Å². The fourth-order valence-electron chi connectivity index (χ4n) is 2.25. The van der Waals surface area contributed by atoms with Crippen LogP contribution in [0, 0.1) is 13.8 Å². The molecule has 6 nitrogen and oxygen atoms in total. The number of hydrogen-bond donors (Lipinski definition) is 1. The molecule has 0 aliphatic heterocycles. The molecule has 0 unspecified atom stereocenters. The number of anilines is 1. The zero-order valence-electron chi connectivity index (χ0n) is 12.8. The third-order valence-electron chi connectivity index (χ3n) is 3.58. The van der Waals surface area contributed by atoms with Gasteiger partial charge in [-0.25, -0.2) is 13.1 Å². The van der Waals surface area contributed by atoms with E-state index in [1.165, 1.54) is 4.68 Å². The highest BCUT2D eigenvalue weighted by Crippen LogP contribution is 2.23. The quantitative estimate of drug-likeness (QED) is 0.745. The van der Waals surface area contributed by atoms with Gasteiger partial charge in [-0.05, 0) is 50.2 Å². The molecule has 23 heavy (non-hydrogen) atoms. The Morgan fingerprint density at radius 1 is 0.957 bits per heavy atom. The summed E-state index contributed by atoms with van der Waals surface area (Å²) in [5.74, 6) is 0. The zero-order chi connectivity index (χ0) is 16.6. The summed E-state index contributed by atoms with van der Waals surface area (Å²) in [5.41, 5.74) is 8.44. The highest BCUT2D eigenvalue weighted by Gasteiger charge is 2.25. The van der Waals surface area contributed by atoms with Gasteiger partial charge in [0.15, 0.2) is 0 Å². The number of nitrogen functional groups attached to an aromatic ring is 1. The molecule has 0 bridgehead atoms. The van der Waals surface area contributed by atoms with Gasteiger partial charge in [0.25, 0.3) is 0 Å². The van der Waals surface area contributed by atoms with Crippen molar-refractivity contribution in [3.05, 3.63) is 59.8 Å². The number of hydrogen-bond acceptors (Lipinski definition) is 5. The summed E-state index contributed by atoms with van der Waals surface area (Å²) in [4.78, 5) is 0.204. The number of rotatable bonds is 3. The molecule has 0 spiro atoms. The Morgan fingerprint density at radius 2 is 1.57 bits per heavy atom. The molecule has 2 aromatic carbocycles. The molecule has 0 atom stereocenters. The second-order valence-corrected chi connectivity index (χ2v) is 7.16. The summed E-state index contributed by atoms with van der Waals surface area (Å²) in [6.45, 7) is 3.58. The van der Waals surface area contributed by atoms with Gasteiger partial charge in [-0.3, -0.25) is 0 Å². The standard InChI is InChI=1S/C16H16N4O2S/c1-11-3-9-15(10-4-11)23(21,22)16-12(2)20(19-18-16)14-7-5-13(17)6-8-14/h3-10H,17H2,1-2H3. The maximum Gasteiger partial charge on any atom is 0.227 e. The van der Waals surface area contributed by atoms with E-state index in [4.69, 9.17) is 5.73 Å². The van der Waals surface area contributed by atoms with Gasteiger partial charge in [0, 0.05) is 5.69 Å². The van der Waals surface area contributed by atoms with Crippen LogP contribution in [0.2, 0.25) is 0 Å². The minimum absolute atomic E-state index is 0.0434. The van der Waals surface area contributed by atoms with E-state index in [2.05, 4.69) is 10.3 Å². The van der Waals surface area contributed by atoms with Crippen LogP contribution in [-0.4, -0.2) is 23.4 Å². The largest absolute Gasteiger partial charge is 0.399 e. The Balaban J connectivity index is 2.08. The molecule has 0 saturated heterocycles. The van der Waals surface area contributed by atoms with Crippen molar-refractivity contribution < 1.29 is 8.42 Å². The second kappa shape index (κ2) is 5.51. The second-order valence-electron chi connectivity index (χ2n) is 5.30. The van der Waals surface area contributed by atoms with Crippen LogP contribution in [0.4, 0.5) is 5.69 Å². The molecule has 118 valence electrons. The summed E-state index contributed by atoms with van der Waals surface area (Å²) in [7, 11) is -3.70. The van der Waals surface area contributed by atoms with Crippen LogP contribution >= 0.6 is 0 Å². The van der Waals surface area contributed by atoms with E-state index in [9.17, 15) is 8.42 Å². The van der Waals surface area contributed by atoms with Crippen LogP contribution in [0.3, 0.4) is 0 Å². The molecule has 0 amide bonds. The van der Waals surface area contributed by atoms with Gasteiger partial charge in [0.1, 0.15) is 0 Å². The van der Waals surface area contributed by atoms with Crippen molar-refractivity contribution in [3.63, 3.8) is 0 Å². The van der Waals surface area contributed by atoms with E-state index >= 15 is 0 Å². The van der Waals surface area contributed by atoms with Crippen LogP contribution in [0.1, 0.15) is 11.3 Å². The Kier molecular flexibility index (Phi) is 3.65. The normalized spacial score (nSPS) is 11.6. The first kappa shape index (κ1) is 15.2. The third-order valence-corrected chi connectivity index (χ3v) is 5.35. The Hall–Kier alpha value is -2.67. The number of aryl methyl sites for hydroxylation is 1. The fourth-order valence-corrected chi connectivity index (χ4v) is 3.59. The summed E-state index contributed by atoms with van der Waals surface area (Å²) >= 11 is 0.